The zero-order chi connectivity index (χ0) is 17.4. The topological polar surface area (TPSA) is 78.9 Å². The van der Waals surface area contributed by atoms with Crippen LogP contribution in [0.25, 0.3) is 0 Å². The highest BCUT2D eigenvalue weighted by molar-refractivity contribution is 4.90. The van der Waals surface area contributed by atoms with Crippen molar-refractivity contribution in [3.8, 4) is 0 Å². The van der Waals surface area contributed by atoms with E-state index in [1.807, 2.05) is 18.9 Å². The zero-order valence-electron chi connectivity index (χ0n) is 14.9. The summed E-state index contributed by atoms with van der Waals surface area (Å²) in [6.45, 7) is 10.1. The first kappa shape index (κ1) is 18.5. The lowest BCUT2D eigenvalue weighted by molar-refractivity contribution is -0.277. The molecule has 3 rings (SSSR count). The van der Waals surface area contributed by atoms with E-state index in [9.17, 15) is 5.11 Å². The van der Waals surface area contributed by atoms with Crippen LogP contribution in [0.4, 0.5) is 0 Å². The van der Waals surface area contributed by atoms with Crippen LogP contribution in [0.5, 0.6) is 0 Å². The number of hydrogen-bond acceptors (Lipinski definition) is 8. The summed E-state index contributed by atoms with van der Waals surface area (Å²) in [5.74, 6) is -1.90. The van der Waals surface area contributed by atoms with E-state index in [1.54, 1.807) is 13.8 Å². The number of morpholine rings is 1. The summed E-state index contributed by atoms with van der Waals surface area (Å²) < 4.78 is 28.5. The van der Waals surface area contributed by atoms with Crippen molar-refractivity contribution in [1.29, 1.82) is 0 Å². The molecule has 140 valence electrons. The summed E-state index contributed by atoms with van der Waals surface area (Å²) in [7, 11) is 0. The van der Waals surface area contributed by atoms with Crippen molar-refractivity contribution in [3.63, 3.8) is 0 Å². The molecule has 0 amide bonds. The number of nitrogens with zero attached hydrogens (tertiary/aromatic N) is 1. The van der Waals surface area contributed by atoms with Gasteiger partial charge in [-0.15, -0.1) is 0 Å². The Kier molecular flexibility index (Phi) is 5.48. The van der Waals surface area contributed by atoms with Crippen molar-refractivity contribution in [1.82, 2.24) is 5.06 Å². The fourth-order valence-electron chi connectivity index (χ4n) is 3.19. The van der Waals surface area contributed by atoms with Gasteiger partial charge in [0.1, 0.15) is 18.3 Å². The maximum absolute atomic E-state index is 9.89. The molecule has 0 aliphatic carbocycles. The van der Waals surface area contributed by atoms with E-state index in [4.69, 9.17) is 28.5 Å². The second kappa shape index (κ2) is 7.13. The van der Waals surface area contributed by atoms with Gasteiger partial charge in [-0.1, -0.05) is 0 Å². The van der Waals surface area contributed by atoms with Crippen molar-refractivity contribution in [2.45, 2.75) is 70.3 Å². The third kappa shape index (κ3) is 4.86. The van der Waals surface area contributed by atoms with E-state index in [2.05, 4.69) is 0 Å². The van der Waals surface area contributed by atoms with Gasteiger partial charge >= 0.3 is 0 Å². The van der Waals surface area contributed by atoms with E-state index >= 15 is 0 Å². The molecule has 4 atom stereocenters. The second-order valence-corrected chi connectivity index (χ2v) is 7.38. The molecule has 0 radical (unpaired) electrons. The summed E-state index contributed by atoms with van der Waals surface area (Å²) in [6, 6.07) is 0. The van der Waals surface area contributed by atoms with Crippen molar-refractivity contribution < 1.29 is 33.6 Å². The lowest BCUT2D eigenvalue weighted by atomic mass is 10.1. The minimum Gasteiger partial charge on any atom is -0.379 e. The maximum atomic E-state index is 9.89. The van der Waals surface area contributed by atoms with Crippen LogP contribution in [0.15, 0.2) is 0 Å². The van der Waals surface area contributed by atoms with Crippen LogP contribution in [0.3, 0.4) is 0 Å². The lowest BCUT2D eigenvalue weighted by Gasteiger charge is -2.31. The third-order valence-corrected chi connectivity index (χ3v) is 4.17. The highest BCUT2D eigenvalue weighted by Gasteiger charge is 2.48. The molecule has 3 fully saturated rings. The van der Waals surface area contributed by atoms with Gasteiger partial charge in [-0.25, -0.2) is 0 Å². The van der Waals surface area contributed by atoms with Crippen molar-refractivity contribution in [2.75, 3.05) is 32.9 Å². The molecule has 3 aliphatic heterocycles. The molecule has 0 bridgehead atoms. The first-order chi connectivity index (χ1) is 11.2. The van der Waals surface area contributed by atoms with Gasteiger partial charge < -0.3 is 28.8 Å². The number of rotatable bonds is 5. The summed E-state index contributed by atoms with van der Waals surface area (Å²) in [6.07, 6.45) is -0.804. The molecule has 0 spiro atoms. The Hall–Kier alpha value is -0.320. The van der Waals surface area contributed by atoms with Crippen molar-refractivity contribution in [3.05, 3.63) is 0 Å². The Morgan fingerprint density at radius 3 is 2.50 bits per heavy atom. The van der Waals surface area contributed by atoms with Gasteiger partial charge in [-0.05, 0) is 27.7 Å². The van der Waals surface area contributed by atoms with Crippen molar-refractivity contribution in [2.24, 2.45) is 0 Å². The SMILES string of the molecule is CC(C)(O)O[C@@H]1C[C@H](ON2CCOCC2)C([C@H]2COC(C)(C)O2)O1. The summed E-state index contributed by atoms with van der Waals surface area (Å²) >= 11 is 0. The van der Waals surface area contributed by atoms with Gasteiger partial charge in [0.2, 0.25) is 0 Å². The molecular formula is C16H29NO7. The molecule has 0 saturated carbocycles. The zero-order valence-corrected chi connectivity index (χ0v) is 14.9. The Morgan fingerprint density at radius 2 is 1.92 bits per heavy atom. The number of aliphatic hydroxyl groups is 1. The predicted molar refractivity (Wildman–Crippen MR) is 82.8 cm³/mol. The Morgan fingerprint density at radius 1 is 1.21 bits per heavy atom. The minimum absolute atomic E-state index is 0.224. The molecule has 0 aromatic rings. The molecular weight excluding hydrogens is 318 g/mol. The first-order valence-corrected chi connectivity index (χ1v) is 8.59. The largest absolute Gasteiger partial charge is 0.379 e. The normalized spacial score (nSPS) is 37.9. The van der Waals surface area contributed by atoms with E-state index in [1.165, 1.54) is 0 Å². The highest BCUT2D eigenvalue weighted by Crippen LogP contribution is 2.35. The van der Waals surface area contributed by atoms with E-state index in [0.29, 0.717) is 39.3 Å². The molecule has 8 nitrogen and oxygen atoms in total. The van der Waals surface area contributed by atoms with Crippen LogP contribution < -0.4 is 0 Å². The first-order valence-electron chi connectivity index (χ1n) is 8.59. The molecule has 8 heteroatoms. The smallest absolute Gasteiger partial charge is 0.164 e. The lowest BCUT2D eigenvalue weighted by Crippen LogP contribution is -2.45. The quantitative estimate of drug-likeness (QED) is 0.726. The van der Waals surface area contributed by atoms with Crippen LogP contribution in [-0.4, -0.2) is 79.3 Å². The van der Waals surface area contributed by atoms with Gasteiger partial charge in [0, 0.05) is 19.5 Å². The summed E-state index contributed by atoms with van der Waals surface area (Å²) in [4.78, 5) is 6.12. The average molecular weight is 347 g/mol. The number of hydroxylamine groups is 2. The Labute approximate surface area is 142 Å². The fraction of sp³-hybridized carbons (Fsp3) is 1.00. The molecule has 3 saturated heterocycles. The summed E-state index contributed by atoms with van der Waals surface area (Å²) in [5, 5.41) is 11.8. The predicted octanol–water partition coefficient (Wildman–Crippen LogP) is 0.630. The monoisotopic (exact) mass is 347 g/mol. The van der Waals surface area contributed by atoms with Gasteiger partial charge in [-0.2, -0.15) is 5.06 Å². The van der Waals surface area contributed by atoms with Crippen LogP contribution in [0.1, 0.15) is 34.1 Å². The second-order valence-electron chi connectivity index (χ2n) is 7.38. The fourth-order valence-corrected chi connectivity index (χ4v) is 3.19. The Bertz CT molecular complexity index is 419. The van der Waals surface area contributed by atoms with Gasteiger partial charge in [-0.3, -0.25) is 4.84 Å². The molecule has 1 N–H and O–H groups in total. The van der Waals surface area contributed by atoms with Crippen LogP contribution in [-0.2, 0) is 28.5 Å². The van der Waals surface area contributed by atoms with Gasteiger partial charge in [0.15, 0.2) is 17.9 Å². The molecule has 3 heterocycles. The van der Waals surface area contributed by atoms with E-state index in [0.717, 1.165) is 0 Å². The van der Waals surface area contributed by atoms with E-state index < -0.39 is 17.9 Å². The highest BCUT2D eigenvalue weighted by atomic mass is 16.8. The number of hydrogen-bond donors (Lipinski definition) is 1. The molecule has 0 aromatic heterocycles. The van der Waals surface area contributed by atoms with Crippen LogP contribution in [0.2, 0.25) is 0 Å². The van der Waals surface area contributed by atoms with Crippen LogP contribution >= 0.6 is 0 Å². The summed E-state index contributed by atoms with van der Waals surface area (Å²) in [5.41, 5.74) is 0. The molecule has 0 aromatic carbocycles. The number of ether oxygens (including phenoxy) is 5. The van der Waals surface area contributed by atoms with Gasteiger partial charge in [0.05, 0.1) is 19.8 Å². The van der Waals surface area contributed by atoms with Crippen LogP contribution in [0, 0.1) is 0 Å². The third-order valence-electron chi connectivity index (χ3n) is 4.17. The van der Waals surface area contributed by atoms with Gasteiger partial charge in [0.25, 0.3) is 0 Å². The molecule has 3 aliphatic rings. The van der Waals surface area contributed by atoms with E-state index in [-0.39, 0.29) is 18.3 Å². The maximum Gasteiger partial charge on any atom is 0.164 e. The molecule has 1 unspecified atom stereocenters. The molecule has 24 heavy (non-hydrogen) atoms. The standard InChI is InChI=1S/C16H29NO7/c1-15(2,18)23-13-9-11(24-17-5-7-19-8-6-17)14(21-13)12-10-20-16(3,4)22-12/h11-14,18H,5-10H2,1-4H3/t11-,12+,13+,14?/m0/s1. The van der Waals surface area contributed by atoms with Crippen molar-refractivity contribution >= 4 is 0 Å². The minimum atomic E-state index is -1.27. The Balaban J connectivity index is 1.65. The average Bonchev–Trinajstić information content (AvgIpc) is 3.01.